The Hall–Kier alpha value is -1.32. The number of fused-ring (bicyclic) bond motifs is 1. The topological polar surface area (TPSA) is 34.2 Å². The van der Waals surface area contributed by atoms with E-state index in [1.54, 1.807) is 0 Å². The number of likely N-dealkylation sites (N-methyl/N-ethyl adjacent to an activating group) is 1. The molecule has 0 amide bonds. The standard InChI is InChI=1S/C18H27N3/c1-3-21-11-7-6-10-18(21)15(12-19)16-13-20(2)17-9-5-4-8-14(16)17/h4-5,8-9,13,15,18H,3,6-7,10-12,19H2,1-2H3. The first-order valence-electron chi connectivity index (χ1n) is 8.24. The summed E-state index contributed by atoms with van der Waals surface area (Å²) in [5.74, 6) is 0.441. The van der Waals surface area contributed by atoms with Gasteiger partial charge in [-0.05, 0) is 37.6 Å². The van der Waals surface area contributed by atoms with Crippen molar-refractivity contribution < 1.29 is 0 Å². The number of benzene rings is 1. The minimum atomic E-state index is 0.441. The summed E-state index contributed by atoms with van der Waals surface area (Å²) < 4.78 is 2.24. The average molecular weight is 285 g/mol. The average Bonchev–Trinajstić information content (AvgIpc) is 2.86. The number of aromatic nitrogens is 1. The van der Waals surface area contributed by atoms with Gasteiger partial charge in [-0.2, -0.15) is 0 Å². The first-order valence-corrected chi connectivity index (χ1v) is 8.24. The quantitative estimate of drug-likeness (QED) is 0.936. The van der Waals surface area contributed by atoms with E-state index in [1.807, 2.05) is 0 Å². The van der Waals surface area contributed by atoms with Crippen LogP contribution < -0.4 is 5.73 Å². The molecular weight excluding hydrogens is 258 g/mol. The van der Waals surface area contributed by atoms with E-state index < -0.39 is 0 Å². The largest absolute Gasteiger partial charge is 0.350 e. The molecule has 3 nitrogen and oxygen atoms in total. The third-order valence-corrected chi connectivity index (χ3v) is 5.12. The molecule has 2 N–H and O–H groups in total. The summed E-state index contributed by atoms with van der Waals surface area (Å²) in [6, 6.07) is 9.29. The predicted molar refractivity (Wildman–Crippen MR) is 89.6 cm³/mol. The van der Waals surface area contributed by atoms with Crippen LogP contribution >= 0.6 is 0 Å². The fraction of sp³-hybridized carbons (Fsp3) is 0.556. The summed E-state index contributed by atoms with van der Waals surface area (Å²) in [6.45, 7) is 5.36. The van der Waals surface area contributed by atoms with Crippen molar-refractivity contribution in [3.8, 4) is 0 Å². The van der Waals surface area contributed by atoms with Gasteiger partial charge in [-0.15, -0.1) is 0 Å². The predicted octanol–water partition coefficient (Wildman–Crippen LogP) is 3.10. The van der Waals surface area contributed by atoms with E-state index in [9.17, 15) is 0 Å². The van der Waals surface area contributed by atoms with Gasteiger partial charge in [-0.3, -0.25) is 0 Å². The highest BCUT2D eigenvalue weighted by Gasteiger charge is 2.30. The van der Waals surface area contributed by atoms with Gasteiger partial charge in [0.2, 0.25) is 0 Å². The van der Waals surface area contributed by atoms with Crippen molar-refractivity contribution in [1.29, 1.82) is 0 Å². The molecule has 2 unspecified atom stereocenters. The number of likely N-dealkylation sites (tertiary alicyclic amines) is 1. The molecule has 3 heteroatoms. The molecule has 2 aromatic rings. The zero-order valence-corrected chi connectivity index (χ0v) is 13.3. The zero-order valence-electron chi connectivity index (χ0n) is 13.3. The van der Waals surface area contributed by atoms with Crippen molar-refractivity contribution in [2.24, 2.45) is 12.8 Å². The second-order valence-electron chi connectivity index (χ2n) is 6.25. The highest BCUT2D eigenvalue weighted by Crippen LogP contribution is 2.34. The second-order valence-corrected chi connectivity index (χ2v) is 6.25. The van der Waals surface area contributed by atoms with Gasteiger partial charge in [0.15, 0.2) is 0 Å². The van der Waals surface area contributed by atoms with Crippen LogP contribution in [0.2, 0.25) is 0 Å². The Balaban J connectivity index is 2.01. The summed E-state index contributed by atoms with van der Waals surface area (Å²) in [4.78, 5) is 2.63. The smallest absolute Gasteiger partial charge is 0.0480 e. The lowest BCUT2D eigenvalue weighted by Gasteiger charge is -2.39. The number of nitrogens with zero attached hydrogens (tertiary/aromatic N) is 2. The number of para-hydroxylation sites is 1. The fourth-order valence-electron chi connectivity index (χ4n) is 4.02. The Morgan fingerprint density at radius 1 is 1.29 bits per heavy atom. The Morgan fingerprint density at radius 3 is 2.86 bits per heavy atom. The van der Waals surface area contributed by atoms with E-state index in [1.165, 1.54) is 42.3 Å². The summed E-state index contributed by atoms with van der Waals surface area (Å²) in [7, 11) is 2.14. The van der Waals surface area contributed by atoms with Crippen LogP contribution in [-0.4, -0.2) is 35.1 Å². The van der Waals surface area contributed by atoms with Gasteiger partial charge in [0.1, 0.15) is 0 Å². The molecule has 0 spiro atoms. The van der Waals surface area contributed by atoms with Crippen LogP contribution in [0.3, 0.4) is 0 Å². The molecule has 3 rings (SSSR count). The molecule has 1 aromatic heterocycles. The molecule has 21 heavy (non-hydrogen) atoms. The van der Waals surface area contributed by atoms with Gasteiger partial charge in [0.25, 0.3) is 0 Å². The van der Waals surface area contributed by atoms with Crippen LogP contribution in [0.5, 0.6) is 0 Å². The monoisotopic (exact) mass is 285 g/mol. The van der Waals surface area contributed by atoms with Gasteiger partial charge in [0.05, 0.1) is 0 Å². The minimum Gasteiger partial charge on any atom is -0.350 e. The van der Waals surface area contributed by atoms with Crippen molar-refractivity contribution in [2.75, 3.05) is 19.6 Å². The molecule has 1 fully saturated rings. The number of nitrogens with two attached hydrogens (primary N) is 1. The van der Waals surface area contributed by atoms with Gasteiger partial charge in [-0.1, -0.05) is 31.5 Å². The van der Waals surface area contributed by atoms with Crippen LogP contribution in [0, 0.1) is 0 Å². The number of aryl methyl sites for hydroxylation is 1. The summed E-state index contributed by atoms with van der Waals surface area (Å²) in [5.41, 5.74) is 8.96. The normalized spacial score (nSPS) is 21.8. The maximum absolute atomic E-state index is 6.22. The van der Waals surface area contributed by atoms with Crippen molar-refractivity contribution >= 4 is 10.9 Å². The number of hydrogen-bond acceptors (Lipinski definition) is 2. The summed E-state index contributed by atoms with van der Waals surface area (Å²) in [6.07, 6.45) is 6.24. The molecule has 114 valence electrons. The number of rotatable bonds is 4. The van der Waals surface area contributed by atoms with E-state index in [0.29, 0.717) is 12.0 Å². The number of piperidine rings is 1. The highest BCUT2D eigenvalue weighted by molar-refractivity contribution is 5.84. The van der Waals surface area contributed by atoms with Crippen molar-refractivity contribution in [3.05, 3.63) is 36.0 Å². The van der Waals surface area contributed by atoms with E-state index in [4.69, 9.17) is 5.73 Å². The van der Waals surface area contributed by atoms with Crippen LogP contribution in [0.4, 0.5) is 0 Å². The van der Waals surface area contributed by atoms with Crippen LogP contribution in [0.25, 0.3) is 10.9 Å². The van der Waals surface area contributed by atoms with Crippen LogP contribution in [-0.2, 0) is 7.05 Å². The molecule has 0 bridgehead atoms. The van der Waals surface area contributed by atoms with Gasteiger partial charge in [-0.25, -0.2) is 0 Å². The molecule has 1 saturated heterocycles. The third-order valence-electron chi connectivity index (χ3n) is 5.12. The van der Waals surface area contributed by atoms with Crippen LogP contribution in [0.15, 0.2) is 30.5 Å². The molecule has 1 aromatic carbocycles. The van der Waals surface area contributed by atoms with E-state index in [2.05, 4.69) is 53.9 Å². The third kappa shape index (κ3) is 2.60. The molecule has 0 saturated carbocycles. The van der Waals surface area contributed by atoms with E-state index in [-0.39, 0.29) is 0 Å². The van der Waals surface area contributed by atoms with E-state index >= 15 is 0 Å². The first-order chi connectivity index (χ1) is 10.3. The maximum Gasteiger partial charge on any atom is 0.0480 e. The van der Waals surface area contributed by atoms with Gasteiger partial charge >= 0.3 is 0 Å². The van der Waals surface area contributed by atoms with Gasteiger partial charge < -0.3 is 15.2 Å². The Kier molecular flexibility index (Phi) is 4.32. The maximum atomic E-state index is 6.22. The van der Waals surface area contributed by atoms with Crippen molar-refractivity contribution in [1.82, 2.24) is 9.47 Å². The van der Waals surface area contributed by atoms with Crippen LogP contribution in [0.1, 0.15) is 37.7 Å². The number of hydrogen-bond donors (Lipinski definition) is 1. The Labute approximate surface area is 127 Å². The molecular formula is C18H27N3. The van der Waals surface area contributed by atoms with Crippen molar-refractivity contribution in [2.45, 2.75) is 38.1 Å². The Morgan fingerprint density at radius 2 is 2.10 bits per heavy atom. The SMILES string of the molecule is CCN1CCCCC1C(CN)c1cn(C)c2ccccc12. The minimum absolute atomic E-state index is 0.441. The molecule has 0 radical (unpaired) electrons. The lowest BCUT2D eigenvalue weighted by Crippen LogP contribution is -2.45. The zero-order chi connectivity index (χ0) is 14.8. The second kappa shape index (κ2) is 6.20. The summed E-state index contributed by atoms with van der Waals surface area (Å²) in [5, 5.41) is 1.37. The van der Waals surface area contributed by atoms with Gasteiger partial charge in [0, 0.05) is 42.7 Å². The fourth-order valence-corrected chi connectivity index (χ4v) is 4.02. The summed E-state index contributed by atoms with van der Waals surface area (Å²) >= 11 is 0. The first kappa shape index (κ1) is 14.6. The molecule has 0 aliphatic carbocycles. The lowest BCUT2D eigenvalue weighted by molar-refractivity contribution is 0.134. The highest BCUT2D eigenvalue weighted by atomic mass is 15.2. The molecule has 1 aliphatic rings. The molecule has 2 heterocycles. The van der Waals surface area contributed by atoms with E-state index in [0.717, 1.165) is 13.1 Å². The van der Waals surface area contributed by atoms with Crippen molar-refractivity contribution in [3.63, 3.8) is 0 Å². The molecule has 2 atom stereocenters. The lowest BCUT2D eigenvalue weighted by atomic mass is 9.85. The Bertz CT molecular complexity index is 602. The molecule has 1 aliphatic heterocycles.